The average Bonchev–Trinajstić information content (AvgIpc) is 3.34. The number of hydrogen-bond donors (Lipinski definition) is 2. The molecule has 0 bridgehead atoms. The van der Waals surface area contributed by atoms with Crippen molar-refractivity contribution in [3.63, 3.8) is 0 Å². The van der Waals surface area contributed by atoms with Gasteiger partial charge in [0.15, 0.2) is 0 Å². The number of hydrogen-bond acceptors (Lipinski definition) is 3. The molecule has 148 valence electrons. The number of carbonyl (C=O) groups is 2. The number of para-hydroxylation sites is 1. The molecule has 4 rings (SSSR count). The lowest BCUT2D eigenvalue weighted by molar-refractivity contribution is 0.0950. The van der Waals surface area contributed by atoms with E-state index < -0.39 is 0 Å². The van der Waals surface area contributed by atoms with Crippen LogP contribution in [0, 0.1) is 0 Å². The van der Waals surface area contributed by atoms with Gasteiger partial charge in [0.25, 0.3) is 11.8 Å². The lowest BCUT2D eigenvalue weighted by Gasteiger charge is -2.12. The van der Waals surface area contributed by atoms with Crippen molar-refractivity contribution in [3.05, 3.63) is 114 Å². The van der Waals surface area contributed by atoms with Crippen LogP contribution >= 0.6 is 0 Å². The summed E-state index contributed by atoms with van der Waals surface area (Å²) in [5.41, 5.74) is 3.49. The van der Waals surface area contributed by atoms with Crippen LogP contribution in [0.5, 0.6) is 0 Å². The summed E-state index contributed by atoms with van der Waals surface area (Å²) in [5, 5.41) is 5.79. The van der Waals surface area contributed by atoms with Crippen LogP contribution in [0.25, 0.3) is 5.69 Å². The van der Waals surface area contributed by atoms with Crippen molar-refractivity contribution in [2.24, 2.45) is 0 Å². The molecule has 6 nitrogen and oxygen atoms in total. The van der Waals surface area contributed by atoms with Crippen molar-refractivity contribution in [2.45, 2.75) is 6.54 Å². The minimum atomic E-state index is -0.248. The molecule has 0 atom stereocenters. The molecule has 2 N–H and O–H groups in total. The molecule has 0 radical (unpaired) electrons. The Balaban J connectivity index is 1.41. The number of pyridine rings is 1. The monoisotopic (exact) mass is 396 g/mol. The highest BCUT2D eigenvalue weighted by Gasteiger charge is 2.11. The van der Waals surface area contributed by atoms with Gasteiger partial charge in [0.2, 0.25) is 0 Å². The molecule has 2 amide bonds. The summed E-state index contributed by atoms with van der Waals surface area (Å²) in [6.07, 6.45) is 7.03. The normalized spacial score (nSPS) is 10.4. The van der Waals surface area contributed by atoms with Crippen molar-refractivity contribution in [2.75, 3.05) is 5.32 Å². The van der Waals surface area contributed by atoms with Gasteiger partial charge in [-0.2, -0.15) is 0 Å². The number of anilines is 1. The zero-order valence-electron chi connectivity index (χ0n) is 16.2. The first-order valence-corrected chi connectivity index (χ1v) is 9.51. The Morgan fingerprint density at radius 3 is 2.30 bits per heavy atom. The van der Waals surface area contributed by atoms with Gasteiger partial charge < -0.3 is 15.2 Å². The maximum atomic E-state index is 12.6. The van der Waals surface area contributed by atoms with E-state index in [1.165, 1.54) is 6.20 Å². The second kappa shape index (κ2) is 8.87. The van der Waals surface area contributed by atoms with Crippen molar-refractivity contribution < 1.29 is 9.59 Å². The van der Waals surface area contributed by atoms with E-state index >= 15 is 0 Å². The molecule has 2 heterocycles. The Morgan fingerprint density at radius 2 is 1.57 bits per heavy atom. The summed E-state index contributed by atoms with van der Waals surface area (Å²) in [7, 11) is 0. The van der Waals surface area contributed by atoms with Crippen LogP contribution in [0.3, 0.4) is 0 Å². The summed E-state index contributed by atoms with van der Waals surface area (Å²) in [4.78, 5) is 28.9. The van der Waals surface area contributed by atoms with Crippen LogP contribution in [0.15, 0.2) is 97.6 Å². The predicted molar refractivity (Wildman–Crippen MR) is 116 cm³/mol. The fourth-order valence-corrected chi connectivity index (χ4v) is 3.06. The van der Waals surface area contributed by atoms with Gasteiger partial charge >= 0.3 is 0 Å². The third-order valence-corrected chi connectivity index (χ3v) is 4.66. The highest BCUT2D eigenvalue weighted by atomic mass is 16.2. The maximum absolute atomic E-state index is 12.6. The Labute approximate surface area is 174 Å². The quantitative estimate of drug-likeness (QED) is 0.516. The van der Waals surface area contributed by atoms with E-state index in [1.807, 2.05) is 65.5 Å². The minimum Gasteiger partial charge on any atom is -0.348 e. The van der Waals surface area contributed by atoms with Gasteiger partial charge in [-0.1, -0.05) is 18.2 Å². The summed E-state index contributed by atoms with van der Waals surface area (Å²) >= 11 is 0. The second-order valence-corrected chi connectivity index (χ2v) is 6.67. The van der Waals surface area contributed by atoms with E-state index in [2.05, 4.69) is 15.6 Å². The summed E-state index contributed by atoms with van der Waals surface area (Å²) < 4.78 is 1.98. The fraction of sp³-hybridized carbons (Fsp3) is 0.0417. The number of carbonyl (C=O) groups excluding carboxylic acids is 2. The molecule has 0 aliphatic heterocycles. The molecule has 4 aromatic rings. The number of aromatic nitrogens is 2. The molecule has 0 spiro atoms. The molecule has 0 saturated carbocycles. The first-order valence-electron chi connectivity index (χ1n) is 9.51. The lowest BCUT2D eigenvalue weighted by atomic mass is 10.1. The van der Waals surface area contributed by atoms with Gasteiger partial charge in [-0.15, -0.1) is 0 Å². The fourth-order valence-electron chi connectivity index (χ4n) is 3.06. The molecular weight excluding hydrogens is 376 g/mol. The number of nitrogens with one attached hydrogen (secondary N) is 2. The molecule has 0 aliphatic rings. The van der Waals surface area contributed by atoms with E-state index in [1.54, 1.807) is 30.5 Å². The Morgan fingerprint density at radius 1 is 0.800 bits per heavy atom. The largest absolute Gasteiger partial charge is 0.348 e. The molecule has 2 aromatic carbocycles. The van der Waals surface area contributed by atoms with Gasteiger partial charge in [0.05, 0.1) is 5.56 Å². The van der Waals surface area contributed by atoms with Crippen LogP contribution in [0.1, 0.15) is 26.3 Å². The van der Waals surface area contributed by atoms with Gasteiger partial charge in [-0.25, -0.2) is 0 Å². The molecule has 0 saturated heterocycles. The number of amides is 2. The van der Waals surface area contributed by atoms with E-state index in [9.17, 15) is 9.59 Å². The van der Waals surface area contributed by atoms with Crippen molar-refractivity contribution in [1.29, 1.82) is 0 Å². The van der Waals surface area contributed by atoms with Crippen molar-refractivity contribution >= 4 is 17.5 Å². The zero-order chi connectivity index (χ0) is 20.8. The Kier molecular flexibility index (Phi) is 5.66. The van der Waals surface area contributed by atoms with Crippen molar-refractivity contribution in [3.8, 4) is 5.69 Å². The highest BCUT2D eigenvalue weighted by Crippen LogP contribution is 2.17. The molecule has 30 heavy (non-hydrogen) atoms. The van der Waals surface area contributed by atoms with Gasteiger partial charge in [-0.05, 0) is 60.2 Å². The molecule has 0 fully saturated rings. The van der Waals surface area contributed by atoms with E-state index in [0.717, 1.165) is 11.3 Å². The lowest BCUT2D eigenvalue weighted by Crippen LogP contribution is -2.24. The first-order chi connectivity index (χ1) is 14.7. The average molecular weight is 396 g/mol. The Hall–Kier alpha value is -4.19. The molecule has 0 aliphatic carbocycles. The van der Waals surface area contributed by atoms with Crippen LogP contribution in [0.4, 0.5) is 5.69 Å². The smallest absolute Gasteiger partial charge is 0.257 e. The number of rotatable bonds is 6. The van der Waals surface area contributed by atoms with Crippen LogP contribution in [-0.4, -0.2) is 21.4 Å². The number of nitrogens with zero attached hydrogens (tertiary/aromatic N) is 2. The molecule has 6 heteroatoms. The summed E-state index contributed by atoms with van der Waals surface area (Å²) in [5.74, 6) is -0.426. The SMILES string of the molecule is O=C(NCc1ccccc1NC(=O)c1cccnc1)c1ccc(-n2cccc2)cc1. The van der Waals surface area contributed by atoms with Crippen LogP contribution in [0.2, 0.25) is 0 Å². The van der Waals surface area contributed by atoms with E-state index in [4.69, 9.17) is 0 Å². The highest BCUT2D eigenvalue weighted by molar-refractivity contribution is 6.04. The topological polar surface area (TPSA) is 76.0 Å². The zero-order valence-corrected chi connectivity index (χ0v) is 16.2. The van der Waals surface area contributed by atoms with E-state index in [-0.39, 0.29) is 11.8 Å². The second-order valence-electron chi connectivity index (χ2n) is 6.67. The van der Waals surface area contributed by atoms with Gasteiger partial charge in [0.1, 0.15) is 0 Å². The Bertz CT molecular complexity index is 1140. The molecule has 2 aromatic heterocycles. The third kappa shape index (κ3) is 4.44. The summed E-state index contributed by atoms with van der Waals surface area (Å²) in [6.45, 7) is 0.293. The maximum Gasteiger partial charge on any atom is 0.257 e. The third-order valence-electron chi connectivity index (χ3n) is 4.66. The van der Waals surface area contributed by atoms with Gasteiger partial charge in [-0.3, -0.25) is 14.6 Å². The van der Waals surface area contributed by atoms with Crippen LogP contribution < -0.4 is 10.6 Å². The van der Waals surface area contributed by atoms with Crippen LogP contribution in [-0.2, 0) is 6.54 Å². The predicted octanol–water partition coefficient (Wildman–Crippen LogP) is 4.05. The standard InChI is InChI=1S/C24H20N4O2/c29-23(18-9-11-21(12-10-18)28-14-3-4-15-28)26-17-19-6-1-2-8-22(19)27-24(30)20-7-5-13-25-16-20/h1-16H,17H2,(H,26,29)(H,27,30). The molecule has 0 unspecified atom stereocenters. The van der Waals surface area contributed by atoms with E-state index in [0.29, 0.717) is 23.4 Å². The summed E-state index contributed by atoms with van der Waals surface area (Å²) in [6, 6.07) is 22.1. The van der Waals surface area contributed by atoms with Gasteiger partial charge in [0, 0.05) is 48.3 Å². The van der Waals surface area contributed by atoms with Crippen molar-refractivity contribution in [1.82, 2.24) is 14.9 Å². The first kappa shape index (κ1) is 19.1. The number of benzene rings is 2. The molecular formula is C24H20N4O2. The minimum absolute atomic E-state index is 0.178.